The van der Waals surface area contributed by atoms with Crippen molar-refractivity contribution in [3.05, 3.63) is 65.0 Å². The highest BCUT2D eigenvalue weighted by atomic mass is 16.5. The summed E-state index contributed by atoms with van der Waals surface area (Å²) in [6.45, 7) is 7.97. The Morgan fingerprint density at radius 3 is 2.50 bits per heavy atom. The van der Waals surface area contributed by atoms with Gasteiger partial charge < -0.3 is 14.2 Å². The predicted molar refractivity (Wildman–Crippen MR) is 107 cm³/mol. The van der Waals surface area contributed by atoms with Gasteiger partial charge in [0.05, 0.1) is 6.54 Å². The molecule has 1 amide bonds. The van der Waals surface area contributed by atoms with Gasteiger partial charge in [-0.2, -0.15) is 4.98 Å². The minimum absolute atomic E-state index is 0.158. The van der Waals surface area contributed by atoms with E-state index in [1.54, 1.807) is 14.0 Å². The van der Waals surface area contributed by atoms with Gasteiger partial charge in [-0.3, -0.25) is 4.79 Å². The molecule has 2 aromatic carbocycles. The highest BCUT2D eigenvalue weighted by molar-refractivity contribution is 5.80. The molecule has 0 aliphatic carbocycles. The summed E-state index contributed by atoms with van der Waals surface area (Å²) in [7, 11) is 1.69. The van der Waals surface area contributed by atoms with Crippen LogP contribution in [0.2, 0.25) is 0 Å². The minimum atomic E-state index is -0.620. The molecule has 0 bridgehead atoms. The van der Waals surface area contributed by atoms with Crippen LogP contribution in [-0.4, -0.2) is 34.1 Å². The molecule has 0 radical (unpaired) electrons. The SMILES string of the molecule is Cc1cc(C)cc(OC(C)C(=O)N(C)Cc2nc(-c3cccc(C)c3)no2)c1. The molecule has 6 heteroatoms. The van der Waals surface area contributed by atoms with Crippen LogP contribution in [0.4, 0.5) is 0 Å². The topological polar surface area (TPSA) is 68.5 Å². The predicted octanol–water partition coefficient (Wildman–Crippen LogP) is 4.09. The van der Waals surface area contributed by atoms with Gasteiger partial charge in [-0.25, -0.2) is 0 Å². The fourth-order valence-corrected chi connectivity index (χ4v) is 3.07. The Bertz CT molecular complexity index is 960. The number of benzene rings is 2. The van der Waals surface area contributed by atoms with Crippen molar-refractivity contribution in [2.45, 2.75) is 40.3 Å². The maximum atomic E-state index is 12.7. The van der Waals surface area contributed by atoms with E-state index in [9.17, 15) is 4.79 Å². The van der Waals surface area contributed by atoms with E-state index < -0.39 is 6.10 Å². The zero-order valence-corrected chi connectivity index (χ0v) is 16.9. The van der Waals surface area contributed by atoms with Crippen molar-refractivity contribution in [3.63, 3.8) is 0 Å². The maximum absolute atomic E-state index is 12.7. The van der Waals surface area contributed by atoms with Crippen LogP contribution < -0.4 is 4.74 Å². The molecule has 0 spiro atoms. The first-order chi connectivity index (χ1) is 13.3. The highest BCUT2D eigenvalue weighted by Gasteiger charge is 2.21. The monoisotopic (exact) mass is 379 g/mol. The zero-order chi connectivity index (χ0) is 20.3. The van der Waals surface area contributed by atoms with Crippen molar-refractivity contribution in [3.8, 4) is 17.1 Å². The quantitative estimate of drug-likeness (QED) is 0.645. The molecular formula is C22H25N3O3. The lowest BCUT2D eigenvalue weighted by Gasteiger charge is -2.21. The molecule has 3 aromatic rings. The second-order valence-electron chi connectivity index (χ2n) is 7.16. The second-order valence-corrected chi connectivity index (χ2v) is 7.16. The Morgan fingerprint density at radius 1 is 1.11 bits per heavy atom. The Kier molecular flexibility index (Phi) is 5.78. The lowest BCUT2D eigenvalue weighted by Crippen LogP contribution is -2.37. The smallest absolute Gasteiger partial charge is 0.263 e. The summed E-state index contributed by atoms with van der Waals surface area (Å²) in [4.78, 5) is 18.6. The van der Waals surface area contributed by atoms with Crippen molar-refractivity contribution in [1.29, 1.82) is 0 Å². The van der Waals surface area contributed by atoms with Gasteiger partial charge >= 0.3 is 0 Å². The molecule has 0 N–H and O–H groups in total. The number of hydrogen-bond donors (Lipinski definition) is 0. The third-order valence-electron chi connectivity index (χ3n) is 4.35. The first kappa shape index (κ1) is 19.6. The van der Waals surface area contributed by atoms with Crippen molar-refractivity contribution in [2.24, 2.45) is 0 Å². The van der Waals surface area contributed by atoms with Crippen molar-refractivity contribution in [2.75, 3.05) is 7.05 Å². The number of aryl methyl sites for hydroxylation is 3. The average Bonchev–Trinajstić information content (AvgIpc) is 3.08. The number of rotatable bonds is 6. The number of amides is 1. The minimum Gasteiger partial charge on any atom is -0.481 e. The third-order valence-corrected chi connectivity index (χ3v) is 4.35. The number of ether oxygens (including phenoxy) is 1. The van der Waals surface area contributed by atoms with Crippen molar-refractivity contribution < 1.29 is 14.1 Å². The van der Waals surface area contributed by atoms with E-state index >= 15 is 0 Å². The molecule has 28 heavy (non-hydrogen) atoms. The van der Waals surface area contributed by atoms with Gasteiger partial charge in [0, 0.05) is 12.6 Å². The first-order valence-electron chi connectivity index (χ1n) is 9.21. The molecular weight excluding hydrogens is 354 g/mol. The highest BCUT2D eigenvalue weighted by Crippen LogP contribution is 2.19. The molecule has 0 aliphatic rings. The Hall–Kier alpha value is -3.15. The summed E-state index contributed by atoms with van der Waals surface area (Å²) in [6.07, 6.45) is -0.620. The molecule has 0 aliphatic heterocycles. The molecule has 0 saturated carbocycles. The van der Waals surface area contributed by atoms with E-state index in [4.69, 9.17) is 9.26 Å². The van der Waals surface area contributed by atoms with Crippen LogP contribution in [0, 0.1) is 20.8 Å². The largest absolute Gasteiger partial charge is 0.481 e. The summed E-state index contributed by atoms with van der Waals surface area (Å²) in [5.41, 5.74) is 4.19. The fraction of sp³-hybridized carbons (Fsp3) is 0.318. The molecule has 1 atom stereocenters. The normalized spacial score (nSPS) is 11.9. The van der Waals surface area contributed by atoms with Gasteiger partial charge in [0.2, 0.25) is 11.7 Å². The number of carbonyl (C=O) groups is 1. The van der Waals surface area contributed by atoms with Gasteiger partial charge in [-0.15, -0.1) is 0 Å². The summed E-state index contributed by atoms with van der Waals surface area (Å²) in [5.74, 6) is 1.42. The number of aromatic nitrogens is 2. The molecule has 6 nitrogen and oxygen atoms in total. The second kappa shape index (κ2) is 8.25. The average molecular weight is 379 g/mol. The van der Waals surface area contributed by atoms with Gasteiger partial charge in [0.15, 0.2) is 6.10 Å². The number of nitrogens with zero attached hydrogens (tertiary/aromatic N) is 3. The molecule has 3 rings (SSSR count). The van der Waals surface area contributed by atoms with Crippen LogP contribution >= 0.6 is 0 Å². The van der Waals surface area contributed by atoms with E-state index in [0.717, 1.165) is 22.3 Å². The van der Waals surface area contributed by atoms with Crippen molar-refractivity contribution >= 4 is 5.91 Å². The molecule has 0 saturated heterocycles. The van der Waals surface area contributed by atoms with Crippen LogP contribution in [-0.2, 0) is 11.3 Å². The standard InChI is InChI=1S/C22H25N3O3/c1-14-7-6-8-18(10-14)21-23-20(28-24-21)13-25(5)22(26)17(4)27-19-11-15(2)9-16(3)12-19/h6-12,17H,13H2,1-5H3. The lowest BCUT2D eigenvalue weighted by atomic mass is 10.1. The number of hydrogen-bond acceptors (Lipinski definition) is 5. The Morgan fingerprint density at radius 2 is 1.82 bits per heavy atom. The molecule has 146 valence electrons. The first-order valence-corrected chi connectivity index (χ1v) is 9.21. The van der Waals surface area contributed by atoms with Crippen LogP contribution in [0.3, 0.4) is 0 Å². The summed E-state index contributed by atoms with van der Waals surface area (Å²) < 4.78 is 11.1. The van der Waals surface area contributed by atoms with E-state index in [2.05, 4.69) is 16.2 Å². The summed E-state index contributed by atoms with van der Waals surface area (Å²) >= 11 is 0. The molecule has 0 fully saturated rings. The van der Waals surface area contributed by atoms with Crippen LogP contribution in [0.5, 0.6) is 5.75 Å². The van der Waals surface area contributed by atoms with Crippen LogP contribution in [0.25, 0.3) is 11.4 Å². The summed E-state index contributed by atoms with van der Waals surface area (Å²) in [5, 5.41) is 4.02. The number of likely N-dealkylation sites (N-methyl/N-ethyl adjacent to an activating group) is 1. The maximum Gasteiger partial charge on any atom is 0.263 e. The van der Waals surface area contributed by atoms with E-state index in [-0.39, 0.29) is 12.5 Å². The molecule has 1 heterocycles. The van der Waals surface area contributed by atoms with Gasteiger partial charge in [-0.05, 0) is 57.0 Å². The summed E-state index contributed by atoms with van der Waals surface area (Å²) in [6, 6.07) is 13.8. The molecule has 1 aromatic heterocycles. The van der Waals surface area contributed by atoms with E-state index in [0.29, 0.717) is 17.5 Å². The Balaban J connectivity index is 1.64. The molecule has 1 unspecified atom stereocenters. The van der Waals surface area contributed by atoms with Gasteiger partial charge in [-0.1, -0.05) is 35.0 Å². The zero-order valence-electron chi connectivity index (χ0n) is 16.9. The number of carbonyl (C=O) groups excluding carboxylic acids is 1. The lowest BCUT2D eigenvalue weighted by molar-refractivity contribution is -0.137. The van der Waals surface area contributed by atoms with Crippen LogP contribution in [0.15, 0.2) is 47.0 Å². The van der Waals surface area contributed by atoms with Crippen LogP contribution in [0.1, 0.15) is 29.5 Å². The van der Waals surface area contributed by atoms with E-state index in [1.165, 1.54) is 4.90 Å². The van der Waals surface area contributed by atoms with Gasteiger partial charge in [0.1, 0.15) is 5.75 Å². The van der Waals surface area contributed by atoms with Crippen molar-refractivity contribution in [1.82, 2.24) is 15.0 Å². The van der Waals surface area contributed by atoms with E-state index in [1.807, 2.05) is 57.2 Å². The fourth-order valence-electron chi connectivity index (χ4n) is 3.07. The van der Waals surface area contributed by atoms with Gasteiger partial charge in [0.25, 0.3) is 5.91 Å². The third kappa shape index (κ3) is 4.76. The Labute approximate surface area is 165 Å².